The van der Waals surface area contributed by atoms with Crippen LogP contribution in [0.4, 0.5) is 5.69 Å². The highest BCUT2D eigenvalue weighted by Crippen LogP contribution is 2.32. The number of para-hydroxylation sites is 1. The maximum absolute atomic E-state index is 13.1. The van der Waals surface area contributed by atoms with E-state index in [0.717, 1.165) is 23.4 Å². The van der Waals surface area contributed by atoms with Crippen LogP contribution in [0.15, 0.2) is 67.3 Å². The molecule has 1 aliphatic heterocycles. The standard InChI is InChI=1S/C21H21N3O2/c1-26-19-8-6-16(7-9-19)12-21(25)24-14-18(23-11-10-22-15-23)13-17-4-2-3-5-20(17)24/h2-11,15,18H,12-14H2,1H3. The van der Waals surface area contributed by atoms with Crippen molar-refractivity contribution in [1.82, 2.24) is 9.55 Å². The van der Waals surface area contributed by atoms with E-state index in [2.05, 4.69) is 15.6 Å². The molecule has 1 amide bonds. The Hall–Kier alpha value is -3.08. The van der Waals surface area contributed by atoms with E-state index in [0.29, 0.717) is 13.0 Å². The molecule has 132 valence electrons. The molecule has 5 heteroatoms. The van der Waals surface area contributed by atoms with Crippen LogP contribution < -0.4 is 9.64 Å². The normalized spacial score (nSPS) is 16.2. The average Bonchev–Trinajstić information content (AvgIpc) is 3.22. The number of carbonyl (C=O) groups is 1. The minimum atomic E-state index is 0.104. The molecule has 0 saturated carbocycles. The lowest BCUT2D eigenvalue weighted by Gasteiger charge is -2.35. The van der Waals surface area contributed by atoms with Crippen molar-refractivity contribution in [3.05, 3.63) is 78.4 Å². The van der Waals surface area contributed by atoms with Crippen molar-refractivity contribution in [3.8, 4) is 5.75 Å². The van der Waals surface area contributed by atoms with Crippen LogP contribution in [0, 0.1) is 0 Å². The van der Waals surface area contributed by atoms with Gasteiger partial charge in [-0.2, -0.15) is 0 Å². The van der Waals surface area contributed by atoms with Gasteiger partial charge in [-0.15, -0.1) is 0 Å². The summed E-state index contributed by atoms with van der Waals surface area (Å²) in [7, 11) is 1.64. The lowest BCUT2D eigenvalue weighted by Crippen LogP contribution is -2.41. The van der Waals surface area contributed by atoms with E-state index in [9.17, 15) is 4.79 Å². The summed E-state index contributed by atoms with van der Waals surface area (Å²) < 4.78 is 7.28. The van der Waals surface area contributed by atoms with Gasteiger partial charge in [-0.25, -0.2) is 4.98 Å². The van der Waals surface area contributed by atoms with Crippen molar-refractivity contribution in [2.45, 2.75) is 18.9 Å². The van der Waals surface area contributed by atoms with Crippen molar-refractivity contribution in [2.75, 3.05) is 18.6 Å². The van der Waals surface area contributed by atoms with Crippen molar-refractivity contribution >= 4 is 11.6 Å². The van der Waals surface area contributed by atoms with Gasteiger partial charge < -0.3 is 14.2 Å². The second-order valence-electron chi connectivity index (χ2n) is 6.53. The first-order chi connectivity index (χ1) is 12.7. The van der Waals surface area contributed by atoms with E-state index >= 15 is 0 Å². The van der Waals surface area contributed by atoms with Crippen LogP contribution >= 0.6 is 0 Å². The first-order valence-electron chi connectivity index (χ1n) is 8.73. The highest BCUT2D eigenvalue weighted by atomic mass is 16.5. The summed E-state index contributed by atoms with van der Waals surface area (Å²) in [5.74, 6) is 0.900. The Morgan fingerprint density at radius 2 is 2.00 bits per heavy atom. The molecular weight excluding hydrogens is 326 g/mol. The third-order valence-corrected chi connectivity index (χ3v) is 4.89. The van der Waals surface area contributed by atoms with E-state index < -0.39 is 0 Å². The predicted molar refractivity (Wildman–Crippen MR) is 100 cm³/mol. The zero-order valence-corrected chi connectivity index (χ0v) is 14.7. The smallest absolute Gasteiger partial charge is 0.231 e. The van der Waals surface area contributed by atoms with Crippen LogP contribution in [0.2, 0.25) is 0 Å². The summed E-state index contributed by atoms with van der Waals surface area (Å²) in [6.45, 7) is 0.655. The summed E-state index contributed by atoms with van der Waals surface area (Å²) in [4.78, 5) is 19.1. The molecule has 26 heavy (non-hydrogen) atoms. The molecule has 1 atom stereocenters. The molecule has 4 rings (SSSR count). The summed E-state index contributed by atoms with van der Waals surface area (Å²) in [6, 6.07) is 16.0. The number of nitrogens with zero attached hydrogens (tertiary/aromatic N) is 3. The molecule has 5 nitrogen and oxygen atoms in total. The fourth-order valence-electron chi connectivity index (χ4n) is 3.51. The van der Waals surface area contributed by atoms with E-state index in [1.54, 1.807) is 13.3 Å². The number of fused-ring (bicyclic) bond motifs is 1. The van der Waals surface area contributed by atoms with Gasteiger partial charge in [-0.3, -0.25) is 4.79 Å². The largest absolute Gasteiger partial charge is 0.497 e. The third-order valence-electron chi connectivity index (χ3n) is 4.89. The SMILES string of the molecule is COc1ccc(CC(=O)N2CC(n3ccnc3)Cc3ccccc32)cc1. The Labute approximate surface area is 152 Å². The van der Waals surface area contributed by atoms with Crippen LogP contribution in [0.1, 0.15) is 17.2 Å². The molecule has 0 fully saturated rings. The number of methoxy groups -OCH3 is 1. The maximum atomic E-state index is 13.1. The number of benzene rings is 2. The van der Waals surface area contributed by atoms with E-state index in [-0.39, 0.29) is 11.9 Å². The maximum Gasteiger partial charge on any atom is 0.231 e. The van der Waals surface area contributed by atoms with E-state index in [1.807, 2.05) is 59.9 Å². The van der Waals surface area contributed by atoms with Gasteiger partial charge in [0, 0.05) is 24.6 Å². The fourth-order valence-corrected chi connectivity index (χ4v) is 3.51. The Bertz CT molecular complexity index is 888. The monoisotopic (exact) mass is 347 g/mol. The van der Waals surface area contributed by atoms with Gasteiger partial charge in [0.25, 0.3) is 0 Å². The van der Waals surface area contributed by atoms with Crippen molar-refractivity contribution in [3.63, 3.8) is 0 Å². The summed E-state index contributed by atoms with van der Waals surface area (Å²) in [5, 5.41) is 0. The number of amides is 1. The topological polar surface area (TPSA) is 47.4 Å². The molecule has 0 saturated heterocycles. The molecule has 1 aromatic heterocycles. The Morgan fingerprint density at radius 1 is 1.19 bits per heavy atom. The van der Waals surface area contributed by atoms with Gasteiger partial charge in [0.05, 0.1) is 25.9 Å². The quantitative estimate of drug-likeness (QED) is 0.728. The van der Waals surface area contributed by atoms with E-state index in [4.69, 9.17) is 4.74 Å². The minimum absolute atomic E-state index is 0.104. The number of ether oxygens (including phenoxy) is 1. The zero-order chi connectivity index (χ0) is 17.9. The average molecular weight is 347 g/mol. The number of hydrogen-bond acceptors (Lipinski definition) is 3. The molecule has 1 unspecified atom stereocenters. The van der Waals surface area contributed by atoms with Crippen LogP contribution in [-0.2, 0) is 17.6 Å². The molecule has 2 heterocycles. The first-order valence-corrected chi connectivity index (χ1v) is 8.73. The van der Waals surface area contributed by atoms with E-state index in [1.165, 1.54) is 5.56 Å². The van der Waals surface area contributed by atoms with Gasteiger partial charge >= 0.3 is 0 Å². The summed E-state index contributed by atoms with van der Waals surface area (Å²) >= 11 is 0. The minimum Gasteiger partial charge on any atom is -0.497 e. The van der Waals surface area contributed by atoms with Gasteiger partial charge in [-0.05, 0) is 35.7 Å². The zero-order valence-electron chi connectivity index (χ0n) is 14.7. The molecule has 3 aromatic rings. The van der Waals surface area contributed by atoms with Gasteiger partial charge in [-0.1, -0.05) is 30.3 Å². The summed E-state index contributed by atoms with van der Waals surface area (Å²) in [5.41, 5.74) is 3.20. The van der Waals surface area contributed by atoms with Crippen LogP contribution in [0.5, 0.6) is 5.75 Å². The Balaban J connectivity index is 1.59. The fraction of sp³-hybridized carbons (Fsp3) is 0.238. The molecule has 0 spiro atoms. The molecule has 0 aliphatic carbocycles. The van der Waals surface area contributed by atoms with Crippen LogP contribution in [0.3, 0.4) is 0 Å². The lowest BCUT2D eigenvalue weighted by atomic mass is 9.97. The number of hydrogen-bond donors (Lipinski definition) is 0. The number of rotatable bonds is 4. The highest BCUT2D eigenvalue weighted by Gasteiger charge is 2.29. The summed E-state index contributed by atoms with van der Waals surface area (Å²) in [6.07, 6.45) is 6.84. The van der Waals surface area contributed by atoms with Gasteiger partial charge in [0.1, 0.15) is 5.75 Å². The number of anilines is 1. The molecular formula is C21H21N3O2. The van der Waals surface area contributed by atoms with Gasteiger partial charge in [0.2, 0.25) is 5.91 Å². The third kappa shape index (κ3) is 3.20. The predicted octanol–water partition coefficient (Wildman–Crippen LogP) is 3.26. The van der Waals surface area contributed by atoms with Crippen molar-refractivity contribution in [2.24, 2.45) is 0 Å². The van der Waals surface area contributed by atoms with Crippen LogP contribution in [0.25, 0.3) is 0 Å². The number of aromatic nitrogens is 2. The lowest BCUT2D eigenvalue weighted by molar-refractivity contribution is -0.118. The highest BCUT2D eigenvalue weighted by molar-refractivity contribution is 5.96. The van der Waals surface area contributed by atoms with Crippen molar-refractivity contribution < 1.29 is 9.53 Å². The van der Waals surface area contributed by atoms with Gasteiger partial charge in [0.15, 0.2) is 0 Å². The molecule has 0 bridgehead atoms. The Kier molecular flexibility index (Phi) is 4.44. The number of imidazole rings is 1. The van der Waals surface area contributed by atoms with Crippen LogP contribution in [-0.4, -0.2) is 29.1 Å². The second kappa shape index (κ2) is 7.04. The van der Waals surface area contributed by atoms with Crippen molar-refractivity contribution in [1.29, 1.82) is 0 Å². The Morgan fingerprint density at radius 3 is 2.73 bits per heavy atom. The molecule has 0 N–H and O–H groups in total. The second-order valence-corrected chi connectivity index (χ2v) is 6.53. The first kappa shape index (κ1) is 16.4. The molecule has 1 aliphatic rings. The molecule has 0 radical (unpaired) electrons. The molecule has 2 aromatic carbocycles. The number of carbonyl (C=O) groups excluding carboxylic acids is 1.